The summed E-state index contributed by atoms with van der Waals surface area (Å²) < 4.78 is 24.3. The van der Waals surface area contributed by atoms with Crippen molar-refractivity contribution in [2.75, 3.05) is 0 Å². The summed E-state index contributed by atoms with van der Waals surface area (Å²) in [5.41, 5.74) is 0. The summed E-state index contributed by atoms with van der Waals surface area (Å²) in [5, 5.41) is 59.6. The molecule has 0 bridgehead atoms. The zero-order valence-corrected chi connectivity index (χ0v) is 13.8. The predicted molar refractivity (Wildman–Crippen MR) is 65.2 cm³/mol. The van der Waals surface area contributed by atoms with Crippen LogP contribution in [0.4, 0.5) is 8.78 Å². The summed E-state index contributed by atoms with van der Waals surface area (Å²) in [6.07, 6.45) is 0. The molecule has 2 aromatic rings. The van der Waals surface area contributed by atoms with Gasteiger partial charge in [0.05, 0.1) is 0 Å². The van der Waals surface area contributed by atoms with Crippen molar-refractivity contribution in [2.24, 2.45) is 0 Å². The van der Waals surface area contributed by atoms with E-state index in [-0.39, 0.29) is 56.6 Å². The molecule has 0 heterocycles. The van der Waals surface area contributed by atoms with Crippen molar-refractivity contribution in [3.63, 3.8) is 0 Å². The quantitative estimate of drug-likeness (QED) is 0.276. The molecule has 0 atom stereocenters. The first-order chi connectivity index (χ1) is 10.2. The fourth-order valence-electron chi connectivity index (χ4n) is 1.01. The van der Waals surface area contributed by atoms with Gasteiger partial charge in [-0.3, -0.25) is 7.32 Å². The van der Waals surface area contributed by atoms with Crippen LogP contribution in [0.15, 0.2) is 36.4 Å². The number of phenols is 4. The SMILES string of the molecule is Oc1cccc(F)c1O.Oc1cccc(F)c1O.[Li+].[Li+].[Li+].[O-]B([O-])[O-]. The minimum Gasteiger partial charge on any atom is -0.907 e. The van der Waals surface area contributed by atoms with Gasteiger partial charge in [-0.2, -0.15) is 0 Å². The molecule has 2 aromatic carbocycles. The molecule has 120 valence electrons. The molecule has 0 fully saturated rings. The van der Waals surface area contributed by atoms with E-state index in [1.54, 1.807) is 0 Å². The van der Waals surface area contributed by atoms with Gasteiger partial charge in [0.2, 0.25) is 0 Å². The first-order valence-corrected chi connectivity index (χ1v) is 5.47. The minimum absolute atomic E-state index is 0. The van der Waals surface area contributed by atoms with Crippen LogP contribution in [0.1, 0.15) is 0 Å². The molecule has 0 unspecified atom stereocenters. The minimum atomic E-state index is -2.92. The molecule has 0 radical (unpaired) electrons. The maximum atomic E-state index is 12.2. The largest absolute Gasteiger partial charge is 1.00 e. The zero-order valence-electron chi connectivity index (χ0n) is 13.8. The molecule has 0 saturated carbocycles. The number of benzene rings is 2. The summed E-state index contributed by atoms with van der Waals surface area (Å²) >= 11 is 0. The number of para-hydroxylation sites is 2. The molecule has 0 amide bonds. The summed E-state index contributed by atoms with van der Waals surface area (Å²) in [5.74, 6) is -3.88. The molecule has 7 nitrogen and oxygen atoms in total. The molecule has 0 aromatic heterocycles. The molecule has 0 saturated heterocycles. The van der Waals surface area contributed by atoms with Gasteiger partial charge in [-0.1, -0.05) is 12.1 Å². The Bertz CT molecular complexity index is 516. The second-order valence-corrected chi connectivity index (χ2v) is 3.50. The van der Waals surface area contributed by atoms with Crippen molar-refractivity contribution in [3.05, 3.63) is 48.0 Å². The molecule has 13 heteroatoms. The van der Waals surface area contributed by atoms with Crippen LogP contribution in [-0.2, 0) is 0 Å². The second kappa shape index (κ2) is 16.7. The van der Waals surface area contributed by atoms with Gasteiger partial charge in [-0.25, -0.2) is 8.78 Å². The smallest absolute Gasteiger partial charge is 0.907 e. The van der Waals surface area contributed by atoms with Crippen molar-refractivity contribution in [3.8, 4) is 23.0 Å². The average Bonchev–Trinajstić information content (AvgIpc) is 2.42. The van der Waals surface area contributed by atoms with Gasteiger partial charge >= 0.3 is 56.6 Å². The number of aromatic hydroxyl groups is 4. The van der Waals surface area contributed by atoms with Crippen molar-refractivity contribution in [1.82, 2.24) is 0 Å². The van der Waals surface area contributed by atoms with E-state index in [1.807, 2.05) is 0 Å². The molecular weight excluding hydrogens is 326 g/mol. The van der Waals surface area contributed by atoms with Crippen molar-refractivity contribution >= 4 is 7.32 Å². The Balaban J connectivity index is -0.000000133. The Morgan fingerprint density at radius 3 is 1.04 bits per heavy atom. The van der Waals surface area contributed by atoms with Gasteiger partial charge in [0.15, 0.2) is 34.6 Å². The second-order valence-electron chi connectivity index (χ2n) is 3.50. The van der Waals surface area contributed by atoms with Crippen LogP contribution < -0.4 is 71.7 Å². The third-order valence-corrected chi connectivity index (χ3v) is 1.93. The van der Waals surface area contributed by atoms with Gasteiger partial charge in [0, 0.05) is 0 Å². The van der Waals surface area contributed by atoms with E-state index in [4.69, 9.17) is 35.5 Å². The van der Waals surface area contributed by atoms with Crippen LogP contribution in [0.5, 0.6) is 23.0 Å². The topological polar surface area (TPSA) is 150 Å². The number of hydrogen-bond acceptors (Lipinski definition) is 7. The summed E-state index contributed by atoms with van der Waals surface area (Å²) in [4.78, 5) is 0. The van der Waals surface area contributed by atoms with Crippen molar-refractivity contribution < 1.29 is 101 Å². The van der Waals surface area contributed by atoms with Gasteiger partial charge in [0.25, 0.3) is 0 Å². The summed E-state index contributed by atoms with van der Waals surface area (Å²) in [6, 6.07) is 7.16. The fraction of sp³-hybridized carbons (Fsp3) is 0. The molecule has 4 N–H and O–H groups in total. The van der Waals surface area contributed by atoms with Crippen molar-refractivity contribution in [2.45, 2.75) is 0 Å². The van der Waals surface area contributed by atoms with E-state index in [1.165, 1.54) is 24.3 Å². The first-order valence-electron chi connectivity index (χ1n) is 5.47. The molecule has 0 aliphatic rings. The number of phenolic OH excluding ortho intramolecular Hbond substituents is 4. The average molecular weight is 336 g/mol. The zero-order chi connectivity index (χ0) is 17.3. The van der Waals surface area contributed by atoms with E-state index >= 15 is 0 Å². The van der Waals surface area contributed by atoms with Gasteiger partial charge in [-0.05, 0) is 24.3 Å². The van der Waals surface area contributed by atoms with Crippen molar-refractivity contribution in [1.29, 1.82) is 0 Å². The number of halogens is 2. The Morgan fingerprint density at radius 1 is 0.640 bits per heavy atom. The van der Waals surface area contributed by atoms with E-state index < -0.39 is 42.0 Å². The van der Waals surface area contributed by atoms with Crippen LogP contribution in [0.25, 0.3) is 0 Å². The molecule has 0 spiro atoms. The third kappa shape index (κ3) is 14.1. The van der Waals surface area contributed by atoms with E-state index in [2.05, 4.69) is 0 Å². The predicted octanol–water partition coefficient (Wildman–Crippen LogP) is -10.5. The maximum Gasteiger partial charge on any atom is 1.00 e. The Hall–Kier alpha value is -0.763. The van der Waals surface area contributed by atoms with Crippen LogP contribution in [0.3, 0.4) is 0 Å². The van der Waals surface area contributed by atoms with Crippen LogP contribution in [-0.4, -0.2) is 27.7 Å². The standard InChI is InChI=1S/2C6H5FO2.BO3.3Li/c2*7-4-2-1-3-5(8)6(4)9;2-1(3)4;;;/h2*1-3,8-9H;;;;/q;;-3;3*+1. The van der Waals surface area contributed by atoms with Crippen LogP contribution >= 0.6 is 0 Å². The van der Waals surface area contributed by atoms with E-state index in [0.29, 0.717) is 0 Å². The molecule has 25 heavy (non-hydrogen) atoms. The van der Waals surface area contributed by atoms with Crippen LogP contribution in [0.2, 0.25) is 0 Å². The Kier molecular flexibility index (Phi) is 21.3. The molecule has 2 rings (SSSR count). The summed E-state index contributed by atoms with van der Waals surface area (Å²) in [7, 11) is -2.92. The Morgan fingerprint density at radius 2 is 0.880 bits per heavy atom. The molecule has 0 aliphatic heterocycles. The summed E-state index contributed by atoms with van der Waals surface area (Å²) in [6.45, 7) is 0. The van der Waals surface area contributed by atoms with Gasteiger partial charge in [-0.15, -0.1) is 0 Å². The normalized spacial score (nSPS) is 7.88. The van der Waals surface area contributed by atoms with Crippen LogP contribution in [0, 0.1) is 11.6 Å². The first kappa shape index (κ1) is 32.0. The number of hydrogen-bond donors (Lipinski definition) is 4. The van der Waals surface area contributed by atoms with Gasteiger partial charge in [0.1, 0.15) is 0 Å². The molecular formula is C12H10BF2Li3O7. The fourth-order valence-corrected chi connectivity index (χ4v) is 1.01. The van der Waals surface area contributed by atoms with E-state index in [0.717, 1.165) is 12.1 Å². The third-order valence-electron chi connectivity index (χ3n) is 1.93. The van der Waals surface area contributed by atoms with E-state index in [9.17, 15) is 8.78 Å². The maximum absolute atomic E-state index is 12.2. The monoisotopic (exact) mass is 336 g/mol. The number of rotatable bonds is 0. The molecule has 0 aliphatic carbocycles. The Labute approximate surface area is 178 Å². The van der Waals surface area contributed by atoms with Gasteiger partial charge < -0.3 is 35.5 Å².